The van der Waals surface area contributed by atoms with Crippen molar-refractivity contribution < 1.29 is 0 Å². The van der Waals surface area contributed by atoms with Crippen molar-refractivity contribution in [2.75, 3.05) is 7.05 Å². The number of rotatable bonds is 4. The summed E-state index contributed by atoms with van der Waals surface area (Å²) >= 11 is 0. The van der Waals surface area contributed by atoms with Crippen molar-refractivity contribution in [1.29, 1.82) is 0 Å². The van der Waals surface area contributed by atoms with Gasteiger partial charge in [-0.2, -0.15) is 5.10 Å². The Bertz CT molecular complexity index is 686. The second-order valence-corrected chi connectivity index (χ2v) is 4.69. The van der Waals surface area contributed by atoms with Crippen LogP contribution in [0.5, 0.6) is 0 Å². The Morgan fingerprint density at radius 2 is 1.85 bits per heavy atom. The third kappa shape index (κ3) is 2.49. The zero-order valence-electron chi connectivity index (χ0n) is 11.5. The summed E-state index contributed by atoms with van der Waals surface area (Å²) in [4.78, 5) is 0. The van der Waals surface area contributed by atoms with Crippen LogP contribution in [0.1, 0.15) is 5.56 Å². The summed E-state index contributed by atoms with van der Waals surface area (Å²) in [6.45, 7) is 0.868. The largest absolute Gasteiger partial charge is 0.316 e. The quantitative estimate of drug-likeness (QED) is 0.783. The Morgan fingerprint density at radius 3 is 2.65 bits per heavy atom. The first-order chi connectivity index (χ1) is 9.88. The average Bonchev–Trinajstić information content (AvgIpc) is 2.98. The molecule has 0 unspecified atom stereocenters. The normalized spacial score (nSPS) is 10.7. The SMILES string of the molecule is CNCc1cccc(-c2ccnn2-c2ccccc2)c1. The van der Waals surface area contributed by atoms with Crippen LogP contribution in [0, 0.1) is 0 Å². The van der Waals surface area contributed by atoms with E-state index in [-0.39, 0.29) is 0 Å². The van der Waals surface area contributed by atoms with E-state index in [0.29, 0.717) is 0 Å². The van der Waals surface area contributed by atoms with Crippen molar-refractivity contribution in [3.63, 3.8) is 0 Å². The lowest BCUT2D eigenvalue weighted by atomic mass is 10.1. The van der Waals surface area contributed by atoms with Gasteiger partial charge in [0.25, 0.3) is 0 Å². The third-order valence-corrected chi connectivity index (χ3v) is 3.25. The van der Waals surface area contributed by atoms with Crippen LogP contribution >= 0.6 is 0 Å². The van der Waals surface area contributed by atoms with Crippen molar-refractivity contribution in [3.8, 4) is 16.9 Å². The fourth-order valence-corrected chi connectivity index (χ4v) is 2.34. The molecule has 2 aromatic carbocycles. The maximum atomic E-state index is 4.44. The molecule has 3 heteroatoms. The predicted octanol–water partition coefficient (Wildman–Crippen LogP) is 3.26. The van der Waals surface area contributed by atoms with Gasteiger partial charge in [0.1, 0.15) is 0 Å². The van der Waals surface area contributed by atoms with Gasteiger partial charge >= 0.3 is 0 Å². The predicted molar refractivity (Wildman–Crippen MR) is 81.8 cm³/mol. The number of aromatic nitrogens is 2. The fourth-order valence-electron chi connectivity index (χ4n) is 2.34. The minimum atomic E-state index is 0.868. The van der Waals surface area contributed by atoms with Gasteiger partial charge < -0.3 is 5.32 Å². The molecule has 0 radical (unpaired) electrons. The van der Waals surface area contributed by atoms with Gasteiger partial charge in [-0.15, -0.1) is 0 Å². The van der Waals surface area contributed by atoms with Gasteiger partial charge in [-0.3, -0.25) is 0 Å². The van der Waals surface area contributed by atoms with Gasteiger partial charge in [0.15, 0.2) is 0 Å². The van der Waals surface area contributed by atoms with E-state index in [1.54, 1.807) is 0 Å². The molecule has 0 fully saturated rings. The van der Waals surface area contributed by atoms with E-state index >= 15 is 0 Å². The molecule has 3 nitrogen and oxygen atoms in total. The zero-order valence-corrected chi connectivity index (χ0v) is 11.5. The molecule has 0 saturated heterocycles. The molecular weight excluding hydrogens is 246 g/mol. The van der Waals surface area contributed by atoms with Gasteiger partial charge in [0, 0.05) is 12.1 Å². The van der Waals surface area contributed by atoms with E-state index < -0.39 is 0 Å². The first-order valence-electron chi connectivity index (χ1n) is 6.72. The topological polar surface area (TPSA) is 29.9 Å². The zero-order chi connectivity index (χ0) is 13.8. The van der Waals surface area contributed by atoms with E-state index in [9.17, 15) is 0 Å². The number of nitrogens with one attached hydrogen (secondary N) is 1. The monoisotopic (exact) mass is 263 g/mol. The maximum Gasteiger partial charge on any atom is 0.0741 e. The number of hydrogen-bond donors (Lipinski definition) is 1. The van der Waals surface area contributed by atoms with Crippen LogP contribution < -0.4 is 5.32 Å². The molecule has 0 aliphatic rings. The summed E-state index contributed by atoms with van der Waals surface area (Å²) in [5.41, 5.74) is 4.63. The summed E-state index contributed by atoms with van der Waals surface area (Å²) in [5, 5.41) is 7.62. The Kier molecular flexibility index (Phi) is 3.61. The summed E-state index contributed by atoms with van der Waals surface area (Å²) < 4.78 is 1.97. The van der Waals surface area contributed by atoms with Crippen LogP contribution in [0.25, 0.3) is 16.9 Å². The van der Waals surface area contributed by atoms with Crippen LogP contribution in [0.15, 0.2) is 66.9 Å². The molecular formula is C17H17N3. The molecule has 0 aliphatic carbocycles. The molecule has 0 atom stereocenters. The van der Waals surface area contributed by atoms with Crippen LogP contribution in [0.2, 0.25) is 0 Å². The number of hydrogen-bond acceptors (Lipinski definition) is 2. The smallest absolute Gasteiger partial charge is 0.0741 e. The van der Waals surface area contributed by atoms with Gasteiger partial charge in [0.05, 0.1) is 17.6 Å². The van der Waals surface area contributed by atoms with Gasteiger partial charge in [-0.25, -0.2) is 4.68 Å². The van der Waals surface area contributed by atoms with Crippen molar-refractivity contribution in [2.45, 2.75) is 6.54 Å². The molecule has 0 spiro atoms. The summed E-state index contributed by atoms with van der Waals surface area (Å²) in [6.07, 6.45) is 1.84. The average molecular weight is 263 g/mol. The summed E-state index contributed by atoms with van der Waals surface area (Å²) in [6, 6.07) is 20.8. The fraction of sp³-hybridized carbons (Fsp3) is 0.118. The van der Waals surface area contributed by atoms with E-state index in [1.807, 2.05) is 42.2 Å². The molecule has 0 amide bonds. The summed E-state index contributed by atoms with van der Waals surface area (Å²) in [5.74, 6) is 0. The molecule has 0 saturated carbocycles. The van der Waals surface area contributed by atoms with E-state index in [4.69, 9.17) is 0 Å². The molecule has 0 bridgehead atoms. The molecule has 0 aliphatic heterocycles. The maximum absolute atomic E-state index is 4.44. The first kappa shape index (κ1) is 12.6. The minimum absolute atomic E-state index is 0.868. The van der Waals surface area contributed by atoms with Crippen LogP contribution in [0.3, 0.4) is 0 Å². The van der Waals surface area contributed by atoms with Crippen LogP contribution in [-0.4, -0.2) is 16.8 Å². The van der Waals surface area contributed by atoms with Gasteiger partial charge in [-0.05, 0) is 36.9 Å². The number of benzene rings is 2. The van der Waals surface area contributed by atoms with Crippen LogP contribution in [0.4, 0.5) is 0 Å². The van der Waals surface area contributed by atoms with Crippen molar-refractivity contribution in [2.24, 2.45) is 0 Å². The van der Waals surface area contributed by atoms with Crippen molar-refractivity contribution in [3.05, 3.63) is 72.4 Å². The van der Waals surface area contributed by atoms with E-state index in [1.165, 1.54) is 11.1 Å². The summed E-state index contributed by atoms with van der Waals surface area (Å²) in [7, 11) is 1.96. The molecule has 1 heterocycles. The van der Waals surface area contributed by atoms with E-state index in [0.717, 1.165) is 17.9 Å². The first-order valence-corrected chi connectivity index (χ1v) is 6.72. The molecule has 1 aromatic heterocycles. The van der Waals surface area contributed by atoms with Gasteiger partial charge in [-0.1, -0.05) is 36.4 Å². The van der Waals surface area contributed by atoms with Crippen molar-refractivity contribution in [1.82, 2.24) is 15.1 Å². The van der Waals surface area contributed by atoms with Crippen molar-refractivity contribution >= 4 is 0 Å². The standard InChI is InChI=1S/C17H17N3/c1-18-13-14-6-5-7-15(12-14)17-10-11-19-20(17)16-8-3-2-4-9-16/h2-12,18H,13H2,1H3. The number of nitrogens with zero attached hydrogens (tertiary/aromatic N) is 2. The highest BCUT2D eigenvalue weighted by molar-refractivity contribution is 5.62. The molecule has 3 rings (SSSR count). The lowest BCUT2D eigenvalue weighted by molar-refractivity contribution is 0.817. The van der Waals surface area contributed by atoms with E-state index in [2.05, 4.69) is 46.8 Å². The van der Waals surface area contributed by atoms with Gasteiger partial charge in [0.2, 0.25) is 0 Å². The minimum Gasteiger partial charge on any atom is -0.316 e. The molecule has 1 N–H and O–H groups in total. The number of para-hydroxylation sites is 1. The lowest BCUT2D eigenvalue weighted by Gasteiger charge is -2.09. The highest BCUT2D eigenvalue weighted by Gasteiger charge is 2.07. The second kappa shape index (κ2) is 5.72. The highest BCUT2D eigenvalue weighted by Crippen LogP contribution is 2.23. The second-order valence-electron chi connectivity index (χ2n) is 4.69. The Labute approximate surface area is 118 Å². The Hall–Kier alpha value is -2.39. The van der Waals surface area contributed by atoms with Crippen LogP contribution in [-0.2, 0) is 6.54 Å². The Morgan fingerprint density at radius 1 is 1.00 bits per heavy atom. The highest BCUT2D eigenvalue weighted by atomic mass is 15.3. The molecule has 20 heavy (non-hydrogen) atoms. The molecule has 3 aromatic rings. The molecule has 100 valence electrons. The Balaban J connectivity index is 2.04. The third-order valence-electron chi connectivity index (χ3n) is 3.25. The lowest BCUT2D eigenvalue weighted by Crippen LogP contribution is -2.05.